The monoisotopic (exact) mass is 550 g/mol. The van der Waals surface area contributed by atoms with Crippen molar-refractivity contribution in [1.29, 1.82) is 0 Å². The summed E-state index contributed by atoms with van der Waals surface area (Å²) >= 11 is 0. The highest BCUT2D eigenvalue weighted by Gasteiger charge is 2.52. The number of anilines is 2. The van der Waals surface area contributed by atoms with Gasteiger partial charge in [-0.15, -0.1) is 6.42 Å². The first-order valence-electron chi connectivity index (χ1n) is 12.4. The van der Waals surface area contributed by atoms with E-state index in [1.54, 1.807) is 13.8 Å². The second kappa shape index (κ2) is 12.7. The minimum atomic E-state index is -1.22. The lowest BCUT2D eigenvalue weighted by Gasteiger charge is -2.25. The van der Waals surface area contributed by atoms with E-state index in [1.165, 1.54) is 36.0 Å². The summed E-state index contributed by atoms with van der Waals surface area (Å²) in [6, 6.07) is 2.91. The smallest absolute Gasteiger partial charge is 0.351 e. The topological polar surface area (TPSA) is 221 Å². The zero-order chi connectivity index (χ0) is 29.7. The molecule has 2 aromatic heterocycles. The molecular formula is C25H38N6O8. The van der Waals surface area contributed by atoms with E-state index < -0.39 is 59.8 Å². The molecule has 8 atom stereocenters. The maximum Gasteiger partial charge on any atom is 0.351 e. The Labute approximate surface area is 225 Å². The second-order valence-electron chi connectivity index (χ2n) is 9.48. The molecule has 8 N–H and O–H groups in total. The lowest BCUT2D eigenvalue weighted by atomic mass is 9.92. The average Bonchev–Trinajstić information content (AvgIpc) is 3.30. The number of aromatic nitrogens is 4. The summed E-state index contributed by atoms with van der Waals surface area (Å²) in [6.07, 6.45) is 4.74. The molecule has 2 fully saturated rings. The number of hydrogen-bond donors (Lipinski definition) is 6. The van der Waals surface area contributed by atoms with E-state index >= 15 is 0 Å². The number of hydrogen-bond acceptors (Lipinski definition) is 12. The molecule has 2 aliphatic heterocycles. The first-order valence-corrected chi connectivity index (χ1v) is 12.4. The Morgan fingerprint density at radius 1 is 0.923 bits per heavy atom. The molecule has 0 bridgehead atoms. The summed E-state index contributed by atoms with van der Waals surface area (Å²) in [5.74, 6) is 1.50. The predicted octanol–water partition coefficient (Wildman–Crippen LogP) is -1.16. The third-order valence-electron chi connectivity index (χ3n) is 6.70. The first kappa shape index (κ1) is 31.9. The molecule has 0 radical (unpaired) electrons. The minimum absolute atomic E-state index is 0.0852. The Bertz CT molecular complexity index is 1280. The average molecular weight is 551 g/mol. The van der Waals surface area contributed by atoms with Gasteiger partial charge in [-0.05, 0) is 26.0 Å². The van der Waals surface area contributed by atoms with Crippen LogP contribution in [0, 0.1) is 24.2 Å². The number of terminal acetylenes is 1. The van der Waals surface area contributed by atoms with Gasteiger partial charge in [0, 0.05) is 18.3 Å². The molecule has 0 saturated carbocycles. The van der Waals surface area contributed by atoms with E-state index in [1.807, 2.05) is 13.8 Å². The van der Waals surface area contributed by atoms with Crippen LogP contribution < -0.4 is 22.8 Å². The highest BCUT2D eigenvalue weighted by molar-refractivity contribution is 5.24. The zero-order valence-corrected chi connectivity index (χ0v) is 22.6. The summed E-state index contributed by atoms with van der Waals surface area (Å²) in [4.78, 5) is 30.7. The largest absolute Gasteiger partial charge is 0.393 e. The minimum Gasteiger partial charge on any atom is -0.393 e. The summed E-state index contributed by atoms with van der Waals surface area (Å²) in [5.41, 5.74) is 7.35. The molecule has 4 heterocycles. The molecule has 0 aliphatic carbocycles. The van der Waals surface area contributed by atoms with Crippen LogP contribution in [0.4, 0.5) is 11.6 Å². The number of nitrogen functional groups attached to an aromatic ring is 2. The molecule has 2 aromatic rings. The molecule has 0 aromatic carbocycles. The molecule has 216 valence electrons. The Morgan fingerprint density at radius 2 is 1.33 bits per heavy atom. The fraction of sp³-hybridized carbons (Fsp3) is 0.600. The second-order valence-corrected chi connectivity index (χ2v) is 9.48. The van der Waals surface area contributed by atoms with Crippen molar-refractivity contribution in [1.82, 2.24) is 19.1 Å². The quantitative estimate of drug-likeness (QED) is 0.248. The van der Waals surface area contributed by atoms with Gasteiger partial charge in [0.25, 0.3) is 0 Å². The van der Waals surface area contributed by atoms with Gasteiger partial charge in [0.05, 0.1) is 25.2 Å². The lowest BCUT2D eigenvalue weighted by Crippen LogP contribution is -2.41. The third-order valence-corrected chi connectivity index (χ3v) is 6.70. The summed E-state index contributed by atoms with van der Waals surface area (Å²) < 4.78 is 13.6. The number of aliphatic hydroxyl groups excluding tert-OH is 4. The van der Waals surface area contributed by atoms with Crippen LogP contribution in [0.25, 0.3) is 0 Å². The number of nitrogens with two attached hydrogens (primary N) is 2. The highest BCUT2D eigenvalue weighted by atomic mass is 16.6. The van der Waals surface area contributed by atoms with Crippen molar-refractivity contribution in [3.05, 3.63) is 45.5 Å². The summed E-state index contributed by atoms with van der Waals surface area (Å²) in [5, 5.41) is 38.7. The van der Waals surface area contributed by atoms with Crippen LogP contribution in [-0.4, -0.2) is 76.2 Å². The van der Waals surface area contributed by atoms with Gasteiger partial charge in [0.2, 0.25) is 0 Å². The van der Waals surface area contributed by atoms with Gasteiger partial charge < -0.3 is 41.4 Å². The molecule has 14 heteroatoms. The molecule has 0 spiro atoms. The number of aliphatic hydroxyl groups is 4. The molecular weight excluding hydrogens is 512 g/mol. The normalized spacial score (nSPS) is 33.3. The third kappa shape index (κ3) is 6.30. The van der Waals surface area contributed by atoms with Gasteiger partial charge in [-0.2, -0.15) is 9.97 Å². The van der Waals surface area contributed by atoms with Gasteiger partial charge in [0.1, 0.15) is 35.2 Å². The maximum absolute atomic E-state index is 11.8. The van der Waals surface area contributed by atoms with Crippen LogP contribution in [-0.2, 0) is 9.47 Å². The van der Waals surface area contributed by atoms with Gasteiger partial charge in [-0.3, -0.25) is 9.13 Å². The van der Waals surface area contributed by atoms with E-state index in [0.717, 1.165) is 4.57 Å². The predicted molar refractivity (Wildman–Crippen MR) is 142 cm³/mol. The van der Waals surface area contributed by atoms with Crippen molar-refractivity contribution in [2.75, 3.05) is 24.7 Å². The van der Waals surface area contributed by atoms with Crippen LogP contribution in [0.3, 0.4) is 0 Å². The van der Waals surface area contributed by atoms with Crippen molar-refractivity contribution in [2.45, 2.75) is 70.5 Å². The maximum atomic E-state index is 11.8. The van der Waals surface area contributed by atoms with E-state index in [4.69, 9.17) is 27.4 Å². The van der Waals surface area contributed by atoms with Gasteiger partial charge in [0.15, 0.2) is 6.23 Å². The van der Waals surface area contributed by atoms with E-state index in [0.29, 0.717) is 0 Å². The fourth-order valence-electron chi connectivity index (χ4n) is 4.33. The SMILES string of the molecule is C#C[C@@H]1[C@H](n2ccc(N)nc2=O)O[C@](C)(CO)[C@H]1O.CC.C[C@@H]1[C@H](n2ccc(N)nc2=O)O[C@](C)(CO)[C@H]1O. The van der Waals surface area contributed by atoms with E-state index in [2.05, 4.69) is 15.9 Å². The Kier molecular flexibility index (Phi) is 10.4. The molecule has 2 saturated heterocycles. The van der Waals surface area contributed by atoms with E-state index in [-0.39, 0.29) is 24.2 Å². The van der Waals surface area contributed by atoms with Crippen molar-refractivity contribution in [3.8, 4) is 12.3 Å². The van der Waals surface area contributed by atoms with E-state index in [9.17, 15) is 30.0 Å². The Hall–Kier alpha value is -3.32. The molecule has 39 heavy (non-hydrogen) atoms. The molecule has 2 aliphatic rings. The molecule has 0 amide bonds. The number of rotatable bonds is 4. The molecule has 0 unspecified atom stereocenters. The fourth-order valence-corrected chi connectivity index (χ4v) is 4.33. The number of nitrogens with zero attached hydrogens (tertiary/aromatic N) is 4. The van der Waals surface area contributed by atoms with Gasteiger partial charge >= 0.3 is 11.4 Å². The first-order chi connectivity index (χ1) is 18.3. The highest BCUT2D eigenvalue weighted by Crippen LogP contribution is 2.41. The van der Waals surface area contributed by atoms with Crippen LogP contribution in [0.5, 0.6) is 0 Å². The van der Waals surface area contributed by atoms with Crippen LogP contribution in [0.2, 0.25) is 0 Å². The van der Waals surface area contributed by atoms with Crippen LogP contribution >= 0.6 is 0 Å². The Balaban J connectivity index is 0.000000258. The summed E-state index contributed by atoms with van der Waals surface area (Å²) in [7, 11) is 0. The van der Waals surface area contributed by atoms with Crippen molar-refractivity contribution < 1.29 is 29.9 Å². The van der Waals surface area contributed by atoms with Gasteiger partial charge in [-0.25, -0.2) is 9.59 Å². The van der Waals surface area contributed by atoms with Gasteiger partial charge in [-0.1, -0.05) is 26.7 Å². The summed E-state index contributed by atoms with van der Waals surface area (Å²) in [6.45, 7) is 8.13. The molecule has 4 rings (SSSR count). The standard InChI is InChI=1S/C12H15N3O4.C11H17N3O4.C2H6/c1-3-7-9(17)12(2,6-16)19-10(7)15-5-4-8(13)14-11(15)18;1-6-8(16)11(2,5-15)18-9(6)14-4-3-7(12)13-10(14)17;1-2/h1,4-5,7,9-10,16-17H,6H2,2H3,(H2,13,14,18);3-4,6,8-9,15-16H,5H2,1-2H3,(H2,12,13,17);1-2H3/t7-,9-,10+,12+;6-,8-,9+,11+;/m00./s1. The van der Waals surface area contributed by atoms with Crippen molar-refractivity contribution in [2.24, 2.45) is 11.8 Å². The van der Waals surface area contributed by atoms with Crippen molar-refractivity contribution >= 4 is 11.6 Å². The van der Waals surface area contributed by atoms with Crippen LogP contribution in [0.1, 0.15) is 47.1 Å². The molecule has 14 nitrogen and oxygen atoms in total. The number of ether oxygens (including phenoxy) is 2. The Morgan fingerprint density at radius 3 is 1.72 bits per heavy atom. The van der Waals surface area contributed by atoms with Crippen molar-refractivity contribution in [3.63, 3.8) is 0 Å². The van der Waals surface area contributed by atoms with Crippen LogP contribution in [0.15, 0.2) is 34.1 Å². The lowest BCUT2D eigenvalue weighted by molar-refractivity contribution is -0.117. The zero-order valence-electron chi connectivity index (χ0n) is 22.6.